The van der Waals surface area contributed by atoms with Gasteiger partial charge in [0.2, 0.25) is 0 Å². The molecule has 2 rings (SSSR count). The Morgan fingerprint density at radius 1 is 1.47 bits per heavy atom. The first-order valence-electron chi connectivity index (χ1n) is 5.73. The Labute approximate surface area is 116 Å². The van der Waals surface area contributed by atoms with Gasteiger partial charge in [-0.3, -0.25) is 9.48 Å². The number of carbonyl (C=O) groups is 1. The first-order valence-corrected chi connectivity index (χ1v) is 6.11. The third-order valence-corrected chi connectivity index (χ3v) is 2.94. The molecule has 1 N–H and O–H groups in total. The zero-order valence-electron chi connectivity index (χ0n) is 10.7. The van der Waals surface area contributed by atoms with E-state index in [1.165, 1.54) is 0 Å². The van der Waals surface area contributed by atoms with Gasteiger partial charge in [0.15, 0.2) is 0 Å². The Kier molecular flexibility index (Phi) is 4.06. The van der Waals surface area contributed by atoms with Crippen molar-refractivity contribution in [2.24, 2.45) is 7.05 Å². The molecule has 0 aliphatic carbocycles. The molecule has 0 aliphatic heterocycles. The van der Waals surface area contributed by atoms with E-state index in [4.69, 9.17) is 16.3 Å². The van der Waals surface area contributed by atoms with Crippen molar-refractivity contribution in [1.29, 1.82) is 0 Å². The second-order valence-electron chi connectivity index (χ2n) is 3.98. The summed E-state index contributed by atoms with van der Waals surface area (Å²) in [5.74, 6) is 0.467. The van der Waals surface area contributed by atoms with Gasteiger partial charge in [-0.05, 0) is 18.2 Å². The van der Waals surface area contributed by atoms with E-state index in [-0.39, 0.29) is 5.91 Å². The van der Waals surface area contributed by atoms with Crippen molar-refractivity contribution in [2.45, 2.75) is 6.61 Å². The van der Waals surface area contributed by atoms with E-state index in [0.29, 0.717) is 23.1 Å². The van der Waals surface area contributed by atoms with Crippen LogP contribution in [-0.2, 0) is 13.7 Å². The zero-order valence-corrected chi connectivity index (χ0v) is 11.4. The van der Waals surface area contributed by atoms with Gasteiger partial charge in [-0.25, -0.2) is 0 Å². The second-order valence-corrected chi connectivity index (χ2v) is 4.36. The molecule has 0 spiro atoms. The van der Waals surface area contributed by atoms with Crippen LogP contribution in [0.1, 0.15) is 16.1 Å². The molecular formula is C13H14ClN3O2. The number of benzene rings is 1. The molecule has 0 bridgehead atoms. The third-order valence-electron chi connectivity index (χ3n) is 2.58. The van der Waals surface area contributed by atoms with Crippen molar-refractivity contribution >= 4 is 17.5 Å². The van der Waals surface area contributed by atoms with Crippen LogP contribution in [0.15, 0.2) is 30.3 Å². The number of nitrogens with one attached hydrogen (secondary N) is 1. The van der Waals surface area contributed by atoms with Crippen LogP contribution in [0.3, 0.4) is 0 Å². The van der Waals surface area contributed by atoms with Gasteiger partial charge in [-0.1, -0.05) is 17.7 Å². The van der Waals surface area contributed by atoms with Gasteiger partial charge in [0.25, 0.3) is 5.91 Å². The summed E-state index contributed by atoms with van der Waals surface area (Å²) in [6, 6.07) is 8.71. The number of nitrogens with zero attached hydrogens (tertiary/aromatic N) is 2. The molecule has 1 amide bonds. The van der Waals surface area contributed by atoms with Gasteiger partial charge in [0.1, 0.15) is 23.2 Å². The van der Waals surface area contributed by atoms with Crippen LogP contribution >= 0.6 is 11.6 Å². The predicted octanol–water partition coefficient (Wildman–Crippen LogP) is 2.01. The average molecular weight is 280 g/mol. The van der Waals surface area contributed by atoms with Crippen LogP contribution in [0.2, 0.25) is 5.15 Å². The summed E-state index contributed by atoms with van der Waals surface area (Å²) in [5.41, 5.74) is 1.29. The molecule has 5 nitrogen and oxygen atoms in total. The van der Waals surface area contributed by atoms with E-state index in [0.717, 1.165) is 5.69 Å². The van der Waals surface area contributed by atoms with E-state index in [1.807, 2.05) is 0 Å². The fourth-order valence-electron chi connectivity index (χ4n) is 1.60. The van der Waals surface area contributed by atoms with Crippen molar-refractivity contribution in [3.05, 3.63) is 46.7 Å². The Morgan fingerprint density at radius 3 is 2.89 bits per heavy atom. The quantitative estimate of drug-likeness (QED) is 0.931. The maximum Gasteiger partial charge on any atom is 0.251 e. The molecule has 0 saturated heterocycles. The van der Waals surface area contributed by atoms with E-state index < -0.39 is 0 Å². The minimum atomic E-state index is -0.147. The summed E-state index contributed by atoms with van der Waals surface area (Å²) in [6.45, 7) is 0.303. The van der Waals surface area contributed by atoms with Crippen LogP contribution in [0.4, 0.5) is 0 Å². The smallest absolute Gasteiger partial charge is 0.251 e. The van der Waals surface area contributed by atoms with Crippen LogP contribution in [0.25, 0.3) is 0 Å². The monoisotopic (exact) mass is 279 g/mol. The number of hydrogen-bond acceptors (Lipinski definition) is 3. The van der Waals surface area contributed by atoms with Crippen molar-refractivity contribution in [3.63, 3.8) is 0 Å². The highest BCUT2D eigenvalue weighted by molar-refractivity contribution is 6.29. The Balaban J connectivity index is 2.05. The Morgan fingerprint density at radius 2 is 2.26 bits per heavy atom. The molecular weight excluding hydrogens is 266 g/mol. The maximum atomic E-state index is 11.5. The molecule has 0 radical (unpaired) electrons. The third kappa shape index (κ3) is 3.26. The molecule has 6 heteroatoms. The van der Waals surface area contributed by atoms with Gasteiger partial charge in [-0.2, -0.15) is 5.10 Å². The highest BCUT2D eigenvalue weighted by Crippen LogP contribution is 2.16. The lowest BCUT2D eigenvalue weighted by Crippen LogP contribution is -2.17. The molecule has 2 aromatic rings. The Hall–Kier alpha value is -2.01. The maximum absolute atomic E-state index is 11.5. The lowest BCUT2D eigenvalue weighted by molar-refractivity contribution is 0.0962. The predicted molar refractivity (Wildman–Crippen MR) is 72.4 cm³/mol. The normalized spacial score (nSPS) is 10.3. The molecule has 0 unspecified atom stereocenters. The zero-order chi connectivity index (χ0) is 13.8. The lowest BCUT2D eigenvalue weighted by atomic mass is 10.2. The molecule has 1 aromatic heterocycles. The number of carbonyl (C=O) groups excluding carboxylic acids is 1. The van der Waals surface area contributed by atoms with Crippen LogP contribution in [0, 0.1) is 0 Å². The highest BCUT2D eigenvalue weighted by Gasteiger charge is 2.06. The van der Waals surface area contributed by atoms with Crippen molar-refractivity contribution in [1.82, 2.24) is 15.1 Å². The van der Waals surface area contributed by atoms with E-state index in [1.54, 1.807) is 49.1 Å². The largest absolute Gasteiger partial charge is 0.487 e. The molecule has 1 heterocycles. The Bertz CT molecular complexity index is 576. The summed E-state index contributed by atoms with van der Waals surface area (Å²) >= 11 is 5.89. The molecule has 19 heavy (non-hydrogen) atoms. The number of aryl methyl sites for hydroxylation is 1. The SMILES string of the molecule is CNC(=O)c1cccc(OCc2cc(Cl)n(C)n2)c1. The molecule has 0 saturated carbocycles. The van der Waals surface area contributed by atoms with Crippen molar-refractivity contribution < 1.29 is 9.53 Å². The van der Waals surface area contributed by atoms with Gasteiger partial charge < -0.3 is 10.1 Å². The molecule has 0 aliphatic rings. The number of hydrogen-bond donors (Lipinski definition) is 1. The minimum absolute atomic E-state index is 0.147. The summed E-state index contributed by atoms with van der Waals surface area (Å²) < 4.78 is 7.15. The summed E-state index contributed by atoms with van der Waals surface area (Å²) in [4.78, 5) is 11.5. The number of aromatic nitrogens is 2. The van der Waals surface area contributed by atoms with Gasteiger partial charge in [0, 0.05) is 25.7 Å². The first kappa shape index (κ1) is 13.4. The summed E-state index contributed by atoms with van der Waals surface area (Å²) in [5, 5.41) is 7.30. The van der Waals surface area contributed by atoms with Gasteiger partial charge in [0.05, 0.1) is 0 Å². The number of rotatable bonds is 4. The second kappa shape index (κ2) is 5.75. The number of halogens is 1. The highest BCUT2D eigenvalue weighted by atomic mass is 35.5. The minimum Gasteiger partial charge on any atom is -0.487 e. The first-order chi connectivity index (χ1) is 9.10. The topological polar surface area (TPSA) is 56.1 Å². The van der Waals surface area contributed by atoms with Crippen LogP contribution in [-0.4, -0.2) is 22.7 Å². The number of ether oxygens (including phenoxy) is 1. The van der Waals surface area contributed by atoms with E-state index in [9.17, 15) is 4.79 Å². The van der Waals surface area contributed by atoms with Crippen molar-refractivity contribution in [3.8, 4) is 5.75 Å². The van der Waals surface area contributed by atoms with Gasteiger partial charge >= 0.3 is 0 Å². The number of amides is 1. The fraction of sp³-hybridized carbons (Fsp3) is 0.231. The average Bonchev–Trinajstić information content (AvgIpc) is 2.75. The lowest BCUT2D eigenvalue weighted by Gasteiger charge is -2.06. The standard InChI is InChI=1S/C13H14ClN3O2/c1-15-13(18)9-4-3-5-11(6-9)19-8-10-7-12(14)17(2)16-10/h3-7H,8H2,1-2H3,(H,15,18). The molecule has 100 valence electrons. The van der Waals surface area contributed by atoms with Gasteiger partial charge in [-0.15, -0.1) is 0 Å². The molecule has 0 fully saturated rings. The van der Waals surface area contributed by atoms with E-state index in [2.05, 4.69) is 10.4 Å². The van der Waals surface area contributed by atoms with Crippen LogP contribution in [0.5, 0.6) is 5.75 Å². The molecule has 0 atom stereocenters. The fourth-order valence-corrected chi connectivity index (χ4v) is 1.76. The summed E-state index contributed by atoms with van der Waals surface area (Å²) in [6.07, 6.45) is 0. The molecule has 1 aromatic carbocycles. The van der Waals surface area contributed by atoms with E-state index >= 15 is 0 Å². The summed E-state index contributed by atoms with van der Waals surface area (Å²) in [7, 11) is 3.35. The van der Waals surface area contributed by atoms with Crippen molar-refractivity contribution in [2.75, 3.05) is 7.05 Å². The van der Waals surface area contributed by atoms with Crippen LogP contribution < -0.4 is 10.1 Å².